The second-order valence-corrected chi connectivity index (χ2v) is 8.74. The lowest BCUT2D eigenvalue weighted by molar-refractivity contribution is -0.117. The highest BCUT2D eigenvalue weighted by Crippen LogP contribution is 2.35. The molecule has 5 rings (SSSR count). The third-order valence-corrected chi connectivity index (χ3v) is 6.68. The normalized spacial score (nSPS) is 16.1. The highest BCUT2D eigenvalue weighted by molar-refractivity contribution is 7.18. The number of benzene rings is 2. The highest BCUT2D eigenvalue weighted by Gasteiger charge is 2.24. The van der Waals surface area contributed by atoms with Gasteiger partial charge in [0.1, 0.15) is 6.54 Å². The Kier molecular flexibility index (Phi) is 4.39. The number of hydrogen-bond acceptors (Lipinski definition) is 5. The van der Waals surface area contributed by atoms with Crippen molar-refractivity contribution in [2.45, 2.75) is 32.7 Å². The molecule has 2 aromatic carbocycles. The van der Waals surface area contributed by atoms with Gasteiger partial charge in [0.25, 0.3) is 5.56 Å². The molecule has 4 aromatic rings. The molecule has 1 amide bonds. The summed E-state index contributed by atoms with van der Waals surface area (Å²) in [6, 6.07) is 13.6. The van der Waals surface area contributed by atoms with E-state index in [0.717, 1.165) is 41.3 Å². The van der Waals surface area contributed by atoms with Gasteiger partial charge in [-0.3, -0.25) is 9.59 Å². The number of carbonyl (C=O) groups is 1. The summed E-state index contributed by atoms with van der Waals surface area (Å²) in [6.45, 7) is 2.07. The first-order chi connectivity index (χ1) is 14.1. The van der Waals surface area contributed by atoms with Gasteiger partial charge in [0, 0.05) is 16.0 Å². The van der Waals surface area contributed by atoms with Crippen LogP contribution >= 0.6 is 11.3 Å². The zero-order valence-corrected chi connectivity index (χ0v) is 16.8. The maximum Gasteiger partial charge on any atom is 0.279 e. The van der Waals surface area contributed by atoms with Crippen molar-refractivity contribution < 1.29 is 4.79 Å². The smallest absolute Gasteiger partial charge is 0.279 e. The van der Waals surface area contributed by atoms with Gasteiger partial charge in [-0.1, -0.05) is 48.5 Å². The van der Waals surface area contributed by atoms with Gasteiger partial charge in [0.05, 0.1) is 5.39 Å². The number of anilines is 1. The summed E-state index contributed by atoms with van der Waals surface area (Å²) < 4.78 is 1.17. The molecule has 2 heterocycles. The standard InChI is InChI=1S/C22H20N4O2S/c1-13-9-10-16-18(11-13)29-21-20(16)22(28)26(25-24-21)12-19(27)23-17-8-4-6-14-5-2-3-7-15(14)17/h2-8,13H,9-12H2,1H3,(H,23,27)/t13-/m1/s1. The van der Waals surface area contributed by atoms with Crippen LogP contribution in [-0.2, 0) is 24.2 Å². The summed E-state index contributed by atoms with van der Waals surface area (Å²) in [5.74, 6) is 0.326. The van der Waals surface area contributed by atoms with E-state index in [1.807, 2.05) is 42.5 Å². The van der Waals surface area contributed by atoms with Gasteiger partial charge >= 0.3 is 0 Å². The van der Waals surface area contributed by atoms with Crippen molar-refractivity contribution in [3.8, 4) is 0 Å². The monoisotopic (exact) mass is 404 g/mol. The van der Waals surface area contributed by atoms with Crippen LogP contribution < -0.4 is 10.9 Å². The molecule has 1 aliphatic carbocycles. The molecule has 7 heteroatoms. The van der Waals surface area contributed by atoms with E-state index < -0.39 is 0 Å². The number of nitrogens with one attached hydrogen (secondary N) is 1. The third-order valence-electron chi connectivity index (χ3n) is 5.54. The molecule has 0 spiro atoms. The molecular weight excluding hydrogens is 384 g/mol. The third kappa shape index (κ3) is 3.21. The van der Waals surface area contributed by atoms with Gasteiger partial charge in [-0.05, 0) is 42.2 Å². The molecule has 6 nitrogen and oxygen atoms in total. The number of aromatic nitrogens is 3. The maximum absolute atomic E-state index is 13.0. The van der Waals surface area contributed by atoms with E-state index in [1.165, 1.54) is 9.56 Å². The van der Waals surface area contributed by atoms with Gasteiger partial charge in [-0.15, -0.1) is 16.4 Å². The second kappa shape index (κ2) is 7.08. The summed E-state index contributed by atoms with van der Waals surface area (Å²) in [5.41, 5.74) is 1.60. The molecule has 0 radical (unpaired) electrons. The largest absolute Gasteiger partial charge is 0.324 e. The van der Waals surface area contributed by atoms with E-state index in [9.17, 15) is 9.59 Å². The number of carbonyl (C=O) groups excluding carboxylic acids is 1. The van der Waals surface area contributed by atoms with Crippen LogP contribution in [0.25, 0.3) is 21.0 Å². The van der Waals surface area contributed by atoms with E-state index >= 15 is 0 Å². The lowest BCUT2D eigenvalue weighted by Crippen LogP contribution is -2.30. The minimum absolute atomic E-state index is 0.161. The molecule has 0 unspecified atom stereocenters. The van der Waals surface area contributed by atoms with Gasteiger partial charge < -0.3 is 5.32 Å². The fraction of sp³-hybridized carbons (Fsp3) is 0.273. The summed E-state index contributed by atoms with van der Waals surface area (Å²) >= 11 is 1.56. The van der Waals surface area contributed by atoms with Crippen molar-refractivity contribution in [3.63, 3.8) is 0 Å². The first kappa shape index (κ1) is 18.0. The number of thiophene rings is 1. The number of aryl methyl sites for hydroxylation is 1. The van der Waals surface area contributed by atoms with Crippen molar-refractivity contribution in [3.05, 3.63) is 63.3 Å². The Balaban J connectivity index is 1.45. The molecule has 1 atom stereocenters. The quantitative estimate of drug-likeness (QED) is 0.564. The van der Waals surface area contributed by atoms with Crippen molar-refractivity contribution in [2.24, 2.45) is 5.92 Å². The number of hydrogen-bond donors (Lipinski definition) is 1. The molecule has 1 N–H and O–H groups in total. The summed E-state index contributed by atoms with van der Waals surface area (Å²) in [7, 11) is 0. The Morgan fingerprint density at radius 2 is 2.07 bits per heavy atom. The topological polar surface area (TPSA) is 76.9 Å². The van der Waals surface area contributed by atoms with Crippen LogP contribution in [0.3, 0.4) is 0 Å². The highest BCUT2D eigenvalue weighted by atomic mass is 32.1. The van der Waals surface area contributed by atoms with Crippen LogP contribution in [0.1, 0.15) is 23.8 Å². The van der Waals surface area contributed by atoms with Crippen LogP contribution in [0.4, 0.5) is 5.69 Å². The van der Waals surface area contributed by atoms with Crippen LogP contribution in [-0.4, -0.2) is 20.9 Å². The molecule has 0 saturated carbocycles. The molecule has 2 aromatic heterocycles. The molecular formula is C22H20N4O2S. The Labute approximate surface area is 171 Å². The van der Waals surface area contributed by atoms with Crippen LogP contribution in [0.15, 0.2) is 47.3 Å². The fourth-order valence-corrected chi connectivity index (χ4v) is 5.37. The van der Waals surface area contributed by atoms with Crippen molar-refractivity contribution >= 4 is 43.9 Å². The van der Waals surface area contributed by atoms with E-state index in [2.05, 4.69) is 22.6 Å². The average molecular weight is 404 g/mol. The van der Waals surface area contributed by atoms with Crippen molar-refractivity contribution in [1.82, 2.24) is 15.0 Å². The Morgan fingerprint density at radius 3 is 2.97 bits per heavy atom. The zero-order valence-electron chi connectivity index (χ0n) is 16.0. The molecule has 0 aliphatic heterocycles. The summed E-state index contributed by atoms with van der Waals surface area (Å²) in [4.78, 5) is 27.6. The SMILES string of the molecule is C[C@@H]1CCc2c(sc3nnn(CC(=O)Nc4cccc5ccccc45)c(=O)c23)C1. The second-order valence-electron chi connectivity index (χ2n) is 7.66. The maximum atomic E-state index is 13.0. The predicted octanol–water partition coefficient (Wildman–Crippen LogP) is 3.77. The number of fused-ring (bicyclic) bond motifs is 4. The number of rotatable bonds is 3. The zero-order chi connectivity index (χ0) is 20.0. The number of amides is 1. The van der Waals surface area contributed by atoms with Gasteiger partial charge in [0.2, 0.25) is 5.91 Å². The lowest BCUT2D eigenvalue weighted by Gasteiger charge is -2.17. The minimum Gasteiger partial charge on any atom is -0.324 e. The van der Waals surface area contributed by atoms with Crippen molar-refractivity contribution in [2.75, 3.05) is 5.32 Å². The van der Waals surface area contributed by atoms with Gasteiger partial charge in [0.15, 0.2) is 4.83 Å². The first-order valence-corrected chi connectivity index (χ1v) is 10.6. The Hall–Kier alpha value is -3.06. The molecule has 0 bridgehead atoms. The van der Waals surface area contributed by atoms with Gasteiger partial charge in [-0.25, -0.2) is 4.68 Å². The Morgan fingerprint density at radius 1 is 1.24 bits per heavy atom. The Bertz CT molecular complexity index is 1300. The van der Waals surface area contributed by atoms with Gasteiger partial charge in [-0.2, -0.15) is 0 Å². The van der Waals surface area contributed by atoms with Crippen LogP contribution in [0.2, 0.25) is 0 Å². The molecule has 0 fully saturated rings. The lowest BCUT2D eigenvalue weighted by atomic mass is 9.89. The fourth-order valence-electron chi connectivity index (χ4n) is 4.06. The average Bonchev–Trinajstić information content (AvgIpc) is 3.08. The first-order valence-electron chi connectivity index (χ1n) is 9.76. The van der Waals surface area contributed by atoms with E-state index in [1.54, 1.807) is 11.3 Å². The molecule has 146 valence electrons. The minimum atomic E-state index is -0.296. The molecule has 0 saturated heterocycles. The van der Waals surface area contributed by atoms with E-state index in [4.69, 9.17) is 0 Å². The molecule has 29 heavy (non-hydrogen) atoms. The summed E-state index contributed by atoms with van der Waals surface area (Å²) in [6.07, 6.45) is 2.94. The van der Waals surface area contributed by atoms with Crippen LogP contribution in [0, 0.1) is 5.92 Å². The summed E-state index contributed by atoms with van der Waals surface area (Å²) in [5, 5.41) is 13.8. The predicted molar refractivity (Wildman–Crippen MR) is 115 cm³/mol. The number of nitrogens with zero attached hydrogens (tertiary/aromatic N) is 3. The van der Waals surface area contributed by atoms with Crippen LogP contribution in [0.5, 0.6) is 0 Å². The van der Waals surface area contributed by atoms with E-state index in [0.29, 0.717) is 16.1 Å². The van der Waals surface area contributed by atoms with Crippen molar-refractivity contribution in [1.29, 1.82) is 0 Å². The van der Waals surface area contributed by atoms with E-state index in [-0.39, 0.29) is 18.0 Å². The molecule has 1 aliphatic rings.